The third-order valence-corrected chi connectivity index (χ3v) is 6.92. The molecule has 1 saturated carbocycles. The Bertz CT molecular complexity index is 659. The van der Waals surface area contributed by atoms with Gasteiger partial charge in [0.2, 0.25) is 0 Å². The van der Waals surface area contributed by atoms with Gasteiger partial charge >= 0.3 is 0 Å². The number of nitrogens with two attached hydrogens (primary N) is 1. The minimum absolute atomic E-state index is 0.131. The summed E-state index contributed by atoms with van der Waals surface area (Å²) in [6.07, 6.45) is 9.56. The molecular weight excluding hydrogens is 346 g/mol. The Hall–Kier alpha value is -1.39. The number of Topliss-reactive ketones (excluding diaryl/α,β-unsaturated/α-hetero) is 1. The van der Waals surface area contributed by atoms with Gasteiger partial charge in [0.15, 0.2) is 5.78 Å². The van der Waals surface area contributed by atoms with Gasteiger partial charge in [0, 0.05) is 42.8 Å². The first-order valence-corrected chi connectivity index (χ1v) is 11.4. The van der Waals surface area contributed by atoms with E-state index in [4.69, 9.17) is 5.73 Å². The van der Waals surface area contributed by atoms with Crippen LogP contribution >= 0.6 is 0 Å². The van der Waals surface area contributed by atoms with Crippen LogP contribution in [0.5, 0.6) is 0 Å². The fourth-order valence-corrected chi connectivity index (χ4v) is 5.33. The summed E-state index contributed by atoms with van der Waals surface area (Å²) >= 11 is 0. The van der Waals surface area contributed by atoms with Crippen LogP contribution in [0.25, 0.3) is 0 Å². The number of anilines is 1. The van der Waals surface area contributed by atoms with E-state index in [1.54, 1.807) is 0 Å². The fourth-order valence-electron chi connectivity index (χ4n) is 5.33. The fraction of sp³-hybridized carbons (Fsp3) is 0.708. The van der Waals surface area contributed by atoms with Gasteiger partial charge in [-0.05, 0) is 55.8 Å². The Morgan fingerprint density at radius 1 is 1.14 bits per heavy atom. The van der Waals surface area contributed by atoms with E-state index in [-0.39, 0.29) is 5.92 Å². The predicted molar refractivity (Wildman–Crippen MR) is 118 cm³/mol. The quantitative estimate of drug-likeness (QED) is 0.614. The number of rotatable bonds is 9. The monoisotopic (exact) mass is 385 g/mol. The molecule has 2 unspecified atom stereocenters. The van der Waals surface area contributed by atoms with E-state index in [1.807, 2.05) is 6.07 Å². The van der Waals surface area contributed by atoms with Gasteiger partial charge < -0.3 is 16.0 Å². The molecule has 0 bridgehead atoms. The van der Waals surface area contributed by atoms with Crippen molar-refractivity contribution in [3.05, 3.63) is 29.3 Å². The zero-order valence-corrected chi connectivity index (χ0v) is 18.0. The van der Waals surface area contributed by atoms with Crippen molar-refractivity contribution in [3.63, 3.8) is 0 Å². The molecule has 4 heteroatoms. The molecule has 28 heavy (non-hydrogen) atoms. The number of benzene rings is 1. The van der Waals surface area contributed by atoms with Gasteiger partial charge in [0.05, 0.1) is 0 Å². The van der Waals surface area contributed by atoms with Crippen molar-refractivity contribution in [1.82, 2.24) is 5.32 Å². The molecule has 1 heterocycles. The first-order valence-electron chi connectivity index (χ1n) is 11.4. The second kappa shape index (κ2) is 9.89. The number of carbonyl (C=O) groups excluding carboxylic acids is 1. The molecule has 0 saturated heterocycles. The molecule has 2 aliphatic rings. The molecule has 4 atom stereocenters. The Labute approximate surface area is 171 Å². The molecule has 1 aromatic carbocycles. The lowest BCUT2D eigenvalue weighted by molar-refractivity contribution is 0.0723. The maximum atomic E-state index is 13.6. The standard InChI is InChI=1S/C24H39N3O/c1-4-6-8-9-18-14-19(26-12-7-5-2)15-22-23(18)24(28)20-13-17(16-25)10-11-21(20)27(22)3/h10-11,13,18-19,22-23,26H,4-9,12,14-16,25H2,1-3H3/t18?,19?,22-,23+/m1/s1. The van der Waals surface area contributed by atoms with Gasteiger partial charge in [0.25, 0.3) is 0 Å². The average Bonchev–Trinajstić information content (AvgIpc) is 2.71. The number of hydrogen-bond donors (Lipinski definition) is 2. The Kier molecular flexibility index (Phi) is 7.53. The van der Waals surface area contributed by atoms with Crippen molar-refractivity contribution < 1.29 is 4.79 Å². The van der Waals surface area contributed by atoms with E-state index in [9.17, 15) is 4.79 Å². The van der Waals surface area contributed by atoms with Crippen LogP contribution in [0.1, 0.15) is 81.1 Å². The van der Waals surface area contributed by atoms with E-state index in [2.05, 4.69) is 43.2 Å². The largest absolute Gasteiger partial charge is 0.370 e. The molecule has 0 radical (unpaired) electrons. The molecule has 1 fully saturated rings. The van der Waals surface area contributed by atoms with Crippen molar-refractivity contribution in [1.29, 1.82) is 0 Å². The van der Waals surface area contributed by atoms with Gasteiger partial charge in [-0.25, -0.2) is 0 Å². The van der Waals surface area contributed by atoms with Gasteiger partial charge in [0.1, 0.15) is 0 Å². The SMILES string of the molecule is CCCCCC1CC(NCCCC)C[C@@H]2[C@H]1C(=O)c1cc(CN)ccc1N2C. The topological polar surface area (TPSA) is 58.4 Å². The van der Waals surface area contributed by atoms with Crippen LogP contribution in [0.4, 0.5) is 5.69 Å². The summed E-state index contributed by atoms with van der Waals surface area (Å²) in [7, 11) is 2.18. The molecule has 0 spiro atoms. The minimum Gasteiger partial charge on any atom is -0.370 e. The van der Waals surface area contributed by atoms with E-state index in [1.165, 1.54) is 38.5 Å². The highest BCUT2D eigenvalue weighted by Gasteiger charge is 2.47. The number of fused-ring (bicyclic) bond motifs is 2. The maximum absolute atomic E-state index is 13.6. The summed E-state index contributed by atoms with van der Waals surface area (Å²) in [5.41, 5.74) is 8.88. The lowest BCUT2D eigenvalue weighted by atomic mass is 9.66. The zero-order chi connectivity index (χ0) is 20.1. The molecule has 1 aliphatic carbocycles. The van der Waals surface area contributed by atoms with Crippen molar-refractivity contribution in [3.8, 4) is 0 Å². The lowest BCUT2D eigenvalue weighted by Gasteiger charge is -2.49. The number of unbranched alkanes of at least 4 members (excludes halogenated alkanes) is 3. The summed E-state index contributed by atoms with van der Waals surface area (Å²) in [5, 5.41) is 3.80. The smallest absolute Gasteiger partial charge is 0.170 e. The van der Waals surface area contributed by atoms with Gasteiger partial charge in [-0.3, -0.25) is 4.79 Å². The van der Waals surface area contributed by atoms with Crippen LogP contribution in [0, 0.1) is 11.8 Å². The van der Waals surface area contributed by atoms with Gasteiger partial charge in [-0.15, -0.1) is 0 Å². The summed E-state index contributed by atoms with van der Waals surface area (Å²) < 4.78 is 0. The Morgan fingerprint density at radius 2 is 1.93 bits per heavy atom. The van der Waals surface area contributed by atoms with E-state index in [0.29, 0.717) is 30.3 Å². The van der Waals surface area contributed by atoms with Crippen molar-refractivity contribution in [2.75, 3.05) is 18.5 Å². The molecule has 0 amide bonds. The predicted octanol–water partition coefficient (Wildman–Crippen LogP) is 4.51. The van der Waals surface area contributed by atoms with Crippen LogP contribution < -0.4 is 16.0 Å². The molecule has 1 aliphatic heterocycles. The highest BCUT2D eigenvalue weighted by molar-refractivity contribution is 6.05. The van der Waals surface area contributed by atoms with Crippen LogP contribution in [0.15, 0.2) is 18.2 Å². The number of nitrogens with zero attached hydrogens (tertiary/aromatic N) is 1. The zero-order valence-electron chi connectivity index (χ0n) is 18.0. The third kappa shape index (κ3) is 4.44. The normalized spacial score (nSPS) is 26.9. The van der Waals surface area contributed by atoms with Crippen molar-refractivity contribution in [2.45, 2.75) is 83.8 Å². The summed E-state index contributed by atoms with van der Waals surface area (Å²) in [6.45, 7) is 6.07. The summed E-state index contributed by atoms with van der Waals surface area (Å²) in [6, 6.07) is 7.05. The summed E-state index contributed by atoms with van der Waals surface area (Å²) in [5.74, 6) is 0.975. The molecular formula is C24H39N3O. The molecule has 3 rings (SSSR count). The first-order chi connectivity index (χ1) is 13.6. The summed E-state index contributed by atoms with van der Waals surface area (Å²) in [4.78, 5) is 16.0. The van der Waals surface area contributed by atoms with E-state index < -0.39 is 0 Å². The first kappa shape index (κ1) is 21.3. The highest BCUT2D eigenvalue weighted by Crippen LogP contribution is 2.44. The second-order valence-corrected chi connectivity index (χ2v) is 8.86. The van der Waals surface area contributed by atoms with Crippen LogP contribution in [0.3, 0.4) is 0 Å². The number of nitrogens with one attached hydrogen (secondary N) is 1. The van der Waals surface area contributed by atoms with Crippen molar-refractivity contribution in [2.24, 2.45) is 17.6 Å². The number of carbonyl (C=O) groups is 1. The van der Waals surface area contributed by atoms with E-state index in [0.717, 1.165) is 36.2 Å². The Morgan fingerprint density at radius 3 is 2.64 bits per heavy atom. The van der Waals surface area contributed by atoms with Gasteiger partial charge in [-0.2, -0.15) is 0 Å². The van der Waals surface area contributed by atoms with Gasteiger partial charge in [-0.1, -0.05) is 45.6 Å². The van der Waals surface area contributed by atoms with Crippen molar-refractivity contribution >= 4 is 11.5 Å². The van der Waals surface area contributed by atoms with Crippen LogP contribution in [0.2, 0.25) is 0 Å². The molecule has 3 N–H and O–H groups in total. The highest BCUT2D eigenvalue weighted by atomic mass is 16.1. The second-order valence-electron chi connectivity index (χ2n) is 8.86. The minimum atomic E-state index is 0.131. The Balaban J connectivity index is 1.86. The van der Waals surface area contributed by atoms with E-state index >= 15 is 0 Å². The third-order valence-electron chi connectivity index (χ3n) is 6.92. The average molecular weight is 386 g/mol. The van der Waals surface area contributed by atoms with Crippen LogP contribution in [-0.4, -0.2) is 31.5 Å². The van der Waals surface area contributed by atoms with Crippen LogP contribution in [-0.2, 0) is 6.54 Å². The lowest BCUT2D eigenvalue weighted by Crippen LogP contribution is -2.56. The maximum Gasteiger partial charge on any atom is 0.170 e. The number of hydrogen-bond acceptors (Lipinski definition) is 4. The molecule has 156 valence electrons. The molecule has 0 aromatic heterocycles. The molecule has 4 nitrogen and oxygen atoms in total. The number of ketones is 1. The molecule has 1 aromatic rings.